The first-order valence-electron chi connectivity index (χ1n) is 16.1. The molecule has 0 bridgehead atoms. The fourth-order valence-electron chi connectivity index (χ4n) is 8.90. The van der Waals surface area contributed by atoms with Crippen molar-refractivity contribution < 1.29 is 27.8 Å². The number of anilines is 1. The van der Waals surface area contributed by atoms with Crippen molar-refractivity contribution in [3.8, 4) is 41.2 Å². The molecule has 3 saturated heterocycles. The highest BCUT2D eigenvalue weighted by Crippen LogP contribution is 2.54. The summed E-state index contributed by atoms with van der Waals surface area (Å²) in [6, 6.07) is 5.47. The van der Waals surface area contributed by atoms with E-state index < -0.39 is 23.3 Å². The summed E-state index contributed by atoms with van der Waals surface area (Å²) in [6.07, 6.45) is 11.9. The minimum Gasteiger partial charge on any atom is -0.508 e. The highest BCUT2D eigenvalue weighted by molar-refractivity contribution is 6.04. The summed E-state index contributed by atoms with van der Waals surface area (Å²) >= 11 is 0. The van der Waals surface area contributed by atoms with Crippen LogP contribution >= 0.6 is 0 Å². The molecule has 1 N–H and O–H groups in total. The van der Waals surface area contributed by atoms with Crippen molar-refractivity contribution in [3.63, 3.8) is 0 Å². The summed E-state index contributed by atoms with van der Waals surface area (Å²) in [5.74, 6) is 1.47. The number of rotatable bonds is 4. The summed E-state index contributed by atoms with van der Waals surface area (Å²) < 4.78 is 59.2. The number of phenolic OH excluding ortho intramolecular Hbond substituents is 1. The molecular formula is C35H32F3N5O3. The molecule has 5 aliphatic rings. The molecule has 8 nitrogen and oxygen atoms in total. The number of aromatic hydroxyl groups is 1. The third kappa shape index (κ3) is 3.89. The Bertz CT molecular complexity index is 1990. The number of fused-ring (bicyclic) bond motifs is 5. The fourth-order valence-corrected chi connectivity index (χ4v) is 8.90. The van der Waals surface area contributed by atoms with E-state index in [1.165, 1.54) is 24.3 Å². The lowest BCUT2D eigenvalue weighted by molar-refractivity contribution is 0.107. The molecule has 6 heterocycles. The van der Waals surface area contributed by atoms with Gasteiger partial charge in [-0.3, -0.25) is 4.90 Å². The quantitative estimate of drug-likeness (QED) is 0.274. The van der Waals surface area contributed by atoms with Crippen molar-refractivity contribution in [1.29, 1.82) is 0 Å². The minimum atomic E-state index is -0.921. The Morgan fingerprint density at radius 3 is 2.76 bits per heavy atom. The molecule has 1 aliphatic carbocycles. The second-order valence-corrected chi connectivity index (χ2v) is 13.6. The van der Waals surface area contributed by atoms with Gasteiger partial charge in [-0.2, -0.15) is 9.97 Å². The zero-order valence-corrected chi connectivity index (χ0v) is 25.2. The van der Waals surface area contributed by atoms with Crippen LogP contribution in [0, 0.1) is 24.0 Å². The van der Waals surface area contributed by atoms with Crippen molar-refractivity contribution in [2.45, 2.75) is 74.7 Å². The van der Waals surface area contributed by atoms with Crippen LogP contribution in [0.4, 0.5) is 19.0 Å². The number of hydrogen-bond donors (Lipinski definition) is 1. The molecule has 2 aromatic carbocycles. The maximum Gasteiger partial charge on any atom is 0.319 e. The molecule has 3 atom stereocenters. The summed E-state index contributed by atoms with van der Waals surface area (Å²) in [6.45, 7) is 1.71. The molecule has 4 aromatic rings. The van der Waals surface area contributed by atoms with Gasteiger partial charge in [-0.25, -0.2) is 18.2 Å². The molecule has 0 amide bonds. The SMILES string of the molecule is C#Cc1c(F)ccc2cc(O)cc(-c3nc4c5c(nc(OC[C@@]67CCCN6C[C@H](F)C7)nc5c3F)N3[C@@H](CCC35CCC5)CO4)c12. The van der Waals surface area contributed by atoms with E-state index in [0.717, 1.165) is 51.5 Å². The predicted octanol–water partition coefficient (Wildman–Crippen LogP) is 6.05. The Kier molecular flexibility index (Phi) is 5.99. The summed E-state index contributed by atoms with van der Waals surface area (Å²) in [7, 11) is 0. The van der Waals surface area contributed by atoms with Gasteiger partial charge >= 0.3 is 6.01 Å². The Hall–Kier alpha value is -4.30. The average Bonchev–Trinajstić information content (AvgIpc) is 3.66. The van der Waals surface area contributed by atoms with Gasteiger partial charge in [-0.1, -0.05) is 12.0 Å². The molecule has 4 fully saturated rings. The molecule has 9 rings (SSSR count). The van der Waals surface area contributed by atoms with E-state index >= 15 is 4.39 Å². The smallest absolute Gasteiger partial charge is 0.319 e. The van der Waals surface area contributed by atoms with E-state index in [9.17, 15) is 13.9 Å². The lowest BCUT2D eigenvalue weighted by Gasteiger charge is -2.48. The van der Waals surface area contributed by atoms with Crippen LogP contribution in [0.15, 0.2) is 24.3 Å². The zero-order valence-electron chi connectivity index (χ0n) is 25.2. The van der Waals surface area contributed by atoms with Gasteiger partial charge in [0.15, 0.2) is 5.82 Å². The third-order valence-electron chi connectivity index (χ3n) is 11.1. The van der Waals surface area contributed by atoms with Crippen LogP contribution in [0.25, 0.3) is 32.9 Å². The van der Waals surface area contributed by atoms with Gasteiger partial charge in [-0.05, 0) is 75.1 Å². The van der Waals surface area contributed by atoms with Crippen molar-refractivity contribution >= 4 is 27.5 Å². The van der Waals surface area contributed by atoms with Gasteiger partial charge in [0.2, 0.25) is 5.88 Å². The molecular weight excluding hydrogens is 595 g/mol. The molecule has 2 aromatic heterocycles. The molecule has 1 spiro atoms. The van der Waals surface area contributed by atoms with Gasteiger partial charge in [0.1, 0.15) is 53.4 Å². The van der Waals surface area contributed by atoms with Gasteiger partial charge in [0.25, 0.3) is 0 Å². The largest absolute Gasteiger partial charge is 0.508 e. The lowest BCUT2D eigenvalue weighted by atomic mass is 9.75. The first kappa shape index (κ1) is 28.0. The van der Waals surface area contributed by atoms with Crippen molar-refractivity contribution in [3.05, 3.63) is 41.5 Å². The van der Waals surface area contributed by atoms with E-state index in [1.807, 2.05) is 0 Å². The Balaban J connectivity index is 1.26. The maximum atomic E-state index is 17.1. The highest BCUT2D eigenvalue weighted by Gasteiger charge is 2.53. The first-order chi connectivity index (χ1) is 22.3. The number of pyridine rings is 1. The highest BCUT2D eigenvalue weighted by atomic mass is 19.1. The second kappa shape index (κ2) is 9.85. The number of benzene rings is 2. The van der Waals surface area contributed by atoms with Crippen LogP contribution < -0.4 is 14.4 Å². The van der Waals surface area contributed by atoms with E-state index in [1.54, 1.807) is 0 Å². The van der Waals surface area contributed by atoms with E-state index in [-0.39, 0.29) is 63.6 Å². The van der Waals surface area contributed by atoms with E-state index in [4.69, 9.17) is 20.9 Å². The second-order valence-electron chi connectivity index (χ2n) is 13.6. The monoisotopic (exact) mass is 627 g/mol. The van der Waals surface area contributed by atoms with Crippen LogP contribution in [0.5, 0.6) is 17.6 Å². The predicted molar refractivity (Wildman–Crippen MR) is 166 cm³/mol. The van der Waals surface area contributed by atoms with E-state index in [2.05, 4.69) is 25.7 Å². The number of hydrogen-bond acceptors (Lipinski definition) is 8. The molecule has 11 heteroatoms. The number of halogens is 3. The normalized spacial score (nSPS) is 26.1. The number of ether oxygens (including phenoxy) is 2. The van der Waals surface area contributed by atoms with Crippen LogP contribution in [0.1, 0.15) is 56.9 Å². The van der Waals surface area contributed by atoms with Crippen molar-refractivity contribution in [2.24, 2.45) is 0 Å². The Morgan fingerprint density at radius 1 is 1.09 bits per heavy atom. The van der Waals surface area contributed by atoms with Gasteiger partial charge in [0, 0.05) is 29.5 Å². The molecule has 4 aliphatic heterocycles. The summed E-state index contributed by atoms with van der Waals surface area (Å²) in [5, 5.41) is 11.7. The summed E-state index contributed by atoms with van der Waals surface area (Å²) in [4.78, 5) is 18.7. The number of alkyl halides is 1. The van der Waals surface area contributed by atoms with Crippen LogP contribution in [0.3, 0.4) is 0 Å². The van der Waals surface area contributed by atoms with Gasteiger partial charge < -0.3 is 19.5 Å². The lowest BCUT2D eigenvalue weighted by Crippen LogP contribution is -2.53. The molecule has 236 valence electrons. The maximum absolute atomic E-state index is 17.1. The van der Waals surface area contributed by atoms with Gasteiger partial charge in [0.05, 0.1) is 17.1 Å². The van der Waals surface area contributed by atoms with Crippen molar-refractivity contribution in [2.75, 3.05) is 31.2 Å². The molecule has 0 unspecified atom stereocenters. The number of phenols is 1. The van der Waals surface area contributed by atoms with Crippen molar-refractivity contribution in [1.82, 2.24) is 19.9 Å². The Labute approximate surface area is 263 Å². The minimum absolute atomic E-state index is 0.00162. The fraction of sp³-hybridized carbons (Fsp3) is 0.457. The average molecular weight is 628 g/mol. The number of aromatic nitrogens is 3. The molecule has 1 saturated carbocycles. The van der Waals surface area contributed by atoms with Crippen LogP contribution in [-0.2, 0) is 0 Å². The van der Waals surface area contributed by atoms with E-state index in [0.29, 0.717) is 36.2 Å². The molecule has 0 radical (unpaired) electrons. The first-order valence-corrected chi connectivity index (χ1v) is 16.1. The molecule has 46 heavy (non-hydrogen) atoms. The van der Waals surface area contributed by atoms with Crippen LogP contribution in [0.2, 0.25) is 0 Å². The topological polar surface area (TPSA) is 83.8 Å². The number of nitrogens with zero attached hydrogens (tertiary/aromatic N) is 5. The Morgan fingerprint density at radius 2 is 1.96 bits per heavy atom. The zero-order chi connectivity index (χ0) is 31.4. The third-order valence-corrected chi connectivity index (χ3v) is 11.1. The number of terminal acetylenes is 1. The van der Waals surface area contributed by atoms with Crippen LogP contribution in [-0.4, -0.2) is 74.6 Å². The summed E-state index contributed by atoms with van der Waals surface area (Å²) in [5.41, 5.74) is -0.721. The van der Waals surface area contributed by atoms with Gasteiger partial charge in [-0.15, -0.1) is 6.42 Å². The standard InChI is InChI=1S/C35H32F3N5O3/c1-2-23-25(37)6-5-19-13-22(44)14-24(26(19)23)29-28(38)30-27-31(43-21(17-45-32(27)39-29)7-11-34(43)8-3-9-34)41-33(40-30)46-18-35-10-4-12-42(35)16-20(36)15-35/h1,5-6,13-14,20-21,44H,3-4,7-12,15-18H2/t20-,21+,35+/m1/s1.